The number of anilines is 1. The lowest BCUT2D eigenvalue weighted by molar-refractivity contribution is -0.114. The summed E-state index contributed by atoms with van der Waals surface area (Å²) in [6.07, 6.45) is 5.04. The van der Waals surface area contributed by atoms with Crippen LogP contribution in [-0.2, 0) is 11.2 Å². The van der Waals surface area contributed by atoms with E-state index in [4.69, 9.17) is 0 Å². The molecular formula is C18H26N2O3. The first-order chi connectivity index (χ1) is 10.8. The zero-order valence-corrected chi connectivity index (χ0v) is 14.6. The van der Waals surface area contributed by atoms with Crippen molar-refractivity contribution in [3.63, 3.8) is 0 Å². The number of benzene rings is 1. The van der Waals surface area contributed by atoms with Crippen molar-refractivity contribution in [3.05, 3.63) is 28.8 Å². The van der Waals surface area contributed by atoms with Crippen LogP contribution in [0.2, 0.25) is 0 Å². The Morgan fingerprint density at radius 1 is 1.35 bits per heavy atom. The van der Waals surface area contributed by atoms with Gasteiger partial charge in [0.2, 0.25) is 5.91 Å². The molecule has 0 aliphatic heterocycles. The van der Waals surface area contributed by atoms with Crippen molar-refractivity contribution in [2.75, 3.05) is 26.0 Å². The fraction of sp³-hybridized carbons (Fsp3) is 0.444. The largest absolute Gasteiger partial charge is 0.507 e. The highest BCUT2D eigenvalue weighted by atomic mass is 16.3. The van der Waals surface area contributed by atoms with Gasteiger partial charge in [-0.2, -0.15) is 0 Å². The molecule has 0 bridgehead atoms. The van der Waals surface area contributed by atoms with Crippen LogP contribution in [0.15, 0.2) is 12.1 Å². The predicted molar refractivity (Wildman–Crippen MR) is 94.0 cm³/mol. The molecule has 0 unspecified atom stereocenters. The number of likely N-dealkylation sites (N-methyl/N-ethyl adjacent to an activating group) is 1. The molecule has 23 heavy (non-hydrogen) atoms. The van der Waals surface area contributed by atoms with Gasteiger partial charge >= 0.3 is 0 Å². The van der Waals surface area contributed by atoms with Crippen LogP contribution in [0, 0.1) is 0 Å². The van der Waals surface area contributed by atoms with Crippen LogP contribution in [0.5, 0.6) is 5.75 Å². The fourth-order valence-electron chi connectivity index (χ4n) is 2.46. The van der Waals surface area contributed by atoms with E-state index in [2.05, 4.69) is 5.32 Å². The normalized spacial score (nSPS) is 11.2. The van der Waals surface area contributed by atoms with Crippen molar-refractivity contribution in [1.82, 2.24) is 4.90 Å². The third-order valence-corrected chi connectivity index (χ3v) is 3.34. The second-order valence-electron chi connectivity index (χ2n) is 5.81. The van der Waals surface area contributed by atoms with Crippen LogP contribution in [0.3, 0.4) is 0 Å². The zero-order chi connectivity index (χ0) is 17.6. The summed E-state index contributed by atoms with van der Waals surface area (Å²) in [6, 6.07) is 1.64. The first kappa shape index (κ1) is 18.9. The molecule has 0 heterocycles. The van der Waals surface area contributed by atoms with Crippen LogP contribution >= 0.6 is 0 Å². The van der Waals surface area contributed by atoms with Crippen LogP contribution in [-0.4, -0.2) is 42.3 Å². The highest BCUT2D eigenvalue weighted by molar-refractivity contribution is 6.03. The minimum Gasteiger partial charge on any atom is -0.507 e. The van der Waals surface area contributed by atoms with Crippen molar-refractivity contribution in [2.24, 2.45) is 0 Å². The molecule has 5 nitrogen and oxygen atoms in total. The lowest BCUT2D eigenvalue weighted by Crippen LogP contribution is -2.22. The molecular weight excluding hydrogens is 292 g/mol. The van der Waals surface area contributed by atoms with Crippen LogP contribution in [0.1, 0.15) is 48.7 Å². The molecule has 5 heteroatoms. The van der Waals surface area contributed by atoms with Crippen molar-refractivity contribution in [2.45, 2.75) is 33.6 Å². The minimum absolute atomic E-state index is 0.0318. The van der Waals surface area contributed by atoms with E-state index >= 15 is 0 Å². The van der Waals surface area contributed by atoms with Crippen molar-refractivity contribution in [1.29, 1.82) is 0 Å². The highest BCUT2D eigenvalue weighted by Crippen LogP contribution is 2.35. The van der Waals surface area contributed by atoms with Crippen LogP contribution in [0.25, 0.3) is 6.08 Å². The molecule has 2 N–H and O–H groups in total. The number of phenolic OH excluding ortho intramolecular Hbond substituents is 1. The number of aromatic hydroxyl groups is 1. The SMILES string of the molecule is C/C=C/c1cc(C(=O)CN(C)C)c(O)c(CCC)c1NC(C)=O. The van der Waals surface area contributed by atoms with Gasteiger partial charge in [0, 0.05) is 12.5 Å². The van der Waals surface area contributed by atoms with E-state index in [1.165, 1.54) is 6.92 Å². The van der Waals surface area contributed by atoms with Crippen molar-refractivity contribution >= 4 is 23.5 Å². The number of phenols is 1. The standard InChI is InChI=1S/C18H26N2O3/c1-6-8-13-10-15(16(22)11-20(4)5)18(23)14(9-7-2)17(13)19-12(3)21/h6,8,10,23H,7,9,11H2,1-5H3,(H,19,21)/b8-6+. The molecule has 0 radical (unpaired) electrons. The lowest BCUT2D eigenvalue weighted by Gasteiger charge is -2.18. The fourth-order valence-corrected chi connectivity index (χ4v) is 2.46. The smallest absolute Gasteiger partial charge is 0.221 e. The Morgan fingerprint density at radius 2 is 2.00 bits per heavy atom. The molecule has 0 aliphatic carbocycles. The number of allylic oxidation sites excluding steroid dienone is 1. The molecule has 0 saturated heterocycles. The average molecular weight is 318 g/mol. The number of hydrogen-bond acceptors (Lipinski definition) is 4. The van der Waals surface area contributed by atoms with E-state index in [-0.39, 0.29) is 24.0 Å². The molecule has 0 fully saturated rings. The number of Topliss-reactive ketones (excluding diaryl/α,β-unsaturated/α-hetero) is 1. The van der Waals surface area contributed by atoms with Gasteiger partial charge in [-0.15, -0.1) is 0 Å². The minimum atomic E-state index is -0.208. The number of amides is 1. The van der Waals surface area contributed by atoms with E-state index in [1.54, 1.807) is 25.1 Å². The summed E-state index contributed by atoms with van der Waals surface area (Å²) < 4.78 is 0. The number of rotatable bonds is 7. The van der Waals surface area contributed by atoms with Gasteiger partial charge in [0.1, 0.15) is 5.75 Å². The second-order valence-corrected chi connectivity index (χ2v) is 5.81. The summed E-state index contributed by atoms with van der Waals surface area (Å²) >= 11 is 0. The molecule has 1 rings (SSSR count). The van der Waals surface area contributed by atoms with Gasteiger partial charge in [-0.1, -0.05) is 25.5 Å². The Hall–Kier alpha value is -2.14. The van der Waals surface area contributed by atoms with E-state index in [9.17, 15) is 14.7 Å². The topological polar surface area (TPSA) is 69.6 Å². The summed E-state index contributed by atoms with van der Waals surface area (Å²) in [5, 5.41) is 13.4. The molecule has 0 aliphatic rings. The number of nitrogens with one attached hydrogen (secondary N) is 1. The summed E-state index contributed by atoms with van der Waals surface area (Å²) in [5.41, 5.74) is 2.21. The zero-order valence-electron chi connectivity index (χ0n) is 14.6. The Kier molecular flexibility index (Phi) is 6.97. The Balaban J connectivity index is 3.56. The average Bonchev–Trinajstić information content (AvgIpc) is 2.44. The summed E-state index contributed by atoms with van der Waals surface area (Å²) in [7, 11) is 3.61. The number of nitrogens with zero attached hydrogens (tertiary/aromatic N) is 1. The predicted octanol–water partition coefficient (Wildman–Crippen LogP) is 3.08. The molecule has 0 saturated carbocycles. The molecule has 1 aromatic rings. The summed E-state index contributed by atoms with van der Waals surface area (Å²) in [5.74, 6) is -0.388. The first-order valence-corrected chi connectivity index (χ1v) is 7.78. The second kappa shape index (κ2) is 8.48. The van der Waals surface area contributed by atoms with Gasteiger partial charge in [0.25, 0.3) is 0 Å². The molecule has 0 spiro atoms. The Bertz CT molecular complexity index is 619. The van der Waals surface area contributed by atoms with E-state index < -0.39 is 0 Å². The maximum Gasteiger partial charge on any atom is 0.221 e. The lowest BCUT2D eigenvalue weighted by atomic mass is 9.95. The maximum atomic E-state index is 12.4. The number of hydrogen-bond donors (Lipinski definition) is 2. The molecule has 1 aromatic carbocycles. The third-order valence-electron chi connectivity index (χ3n) is 3.34. The van der Waals surface area contributed by atoms with Crippen LogP contribution < -0.4 is 5.32 Å². The number of carbonyl (C=O) groups is 2. The van der Waals surface area contributed by atoms with Gasteiger partial charge < -0.3 is 15.3 Å². The van der Waals surface area contributed by atoms with E-state index in [1.807, 2.05) is 26.0 Å². The van der Waals surface area contributed by atoms with Gasteiger partial charge in [-0.3, -0.25) is 9.59 Å². The summed E-state index contributed by atoms with van der Waals surface area (Å²) in [6.45, 7) is 5.50. The van der Waals surface area contributed by atoms with Gasteiger partial charge in [-0.25, -0.2) is 0 Å². The van der Waals surface area contributed by atoms with E-state index in [0.717, 1.165) is 12.0 Å². The highest BCUT2D eigenvalue weighted by Gasteiger charge is 2.21. The molecule has 126 valence electrons. The summed E-state index contributed by atoms with van der Waals surface area (Å²) in [4.78, 5) is 25.7. The van der Waals surface area contributed by atoms with Gasteiger partial charge in [-0.05, 0) is 39.1 Å². The molecule has 0 aromatic heterocycles. The van der Waals surface area contributed by atoms with Crippen molar-refractivity contribution < 1.29 is 14.7 Å². The maximum absolute atomic E-state index is 12.4. The first-order valence-electron chi connectivity index (χ1n) is 7.78. The Labute approximate surface area is 138 Å². The molecule has 1 amide bonds. The number of carbonyl (C=O) groups excluding carboxylic acids is 2. The van der Waals surface area contributed by atoms with Crippen molar-refractivity contribution in [3.8, 4) is 5.75 Å². The molecule has 0 atom stereocenters. The quantitative estimate of drug-likeness (QED) is 0.758. The van der Waals surface area contributed by atoms with E-state index in [0.29, 0.717) is 23.2 Å². The monoisotopic (exact) mass is 318 g/mol. The van der Waals surface area contributed by atoms with Gasteiger partial charge in [0.05, 0.1) is 17.8 Å². The van der Waals surface area contributed by atoms with Crippen LogP contribution in [0.4, 0.5) is 5.69 Å². The Morgan fingerprint density at radius 3 is 2.48 bits per heavy atom. The third kappa shape index (κ3) is 4.93. The van der Waals surface area contributed by atoms with Gasteiger partial charge in [0.15, 0.2) is 5.78 Å². The number of ketones is 1.